The summed E-state index contributed by atoms with van der Waals surface area (Å²) in [6, 6.07) is 10.8. The summed E-state index contributed by atoms with van der Waals surface area (Å²) >= 11 is 0. The number of pyridine rings is 1. The lowest BCUT2D eigenvalue weighted by Crippen LogP contribution is -2.28. The molecule has 0 aliphatic heterocycles. The van der Waals surface area contributed by atoms with E-state index < -0.39 is 0 Å². The average Bonchev–Trinajstić information content (AvgIpc) is 2.46. The molecule has 5 heteroatoms. The maximum absolute atomic E-state index is 11.8. The summed E-state index contributed by atoms with van der Waals surface area (Å²) in [5, 5.41) is 2.76. The van der Waals surface area contributed by atoms with Gasteiger partial charge in [0.2, 0.25) is 0 Å². The van der Waals surface area contributed by atoms with Crippen molar-refractivity contribution in [1.29, 1.82) is 0 Å². The van der Waals surface area contributed by atoms with Crippen LogP contribution in [0.15, 0.2) is 42.6 Å². The lowest BCUT2D eigenvalue weighted by atomic mass is 10.2. The molecular weight excluding hydrogens is 254 g/mol. The van der Waals surface area contributed by atoms with Crippen molar-refractivity contribution in [3.63, 3.8) is 0 Å². The molecule has 0 saturated carbocycles. The van der Waals surface area contributed by atoms with Crippen LogP contribution in [0.25, 0.3) is 0 Å². The first-order chi connectivity index (χ1) is 9.66. The lowest BCUT2D eigenvalue weighted by Gasteiger charge is -2.09. The van der Waals surface area contributed by atoms with Gasteiger partial charge in [-0.05, 0) is 31.2 Å². The van der Waals surface area contributed by atoms with E-state index in [2.05, 4.69) is 10.3 Å². The monoisotopic (exact) mass is 271 g/mol. The van der Waals surface area contributed by atoms with Crippen molar-refractivity contribution in [2.24, 2.45) is 0 Å². The molecule has 1 heterocycles. The molecule has 1 amide bonds. The number of carbonyl (C=O) groups excluding carboxylic acids is 1. The number of carbonyl (C=O) groups is 1. The molecule has 20 heavy (non-hydrogen) atoms. The zero-order chi connectivity index (χ0) is 14.4. The molecule has 0 unspecified atom stereocenters. The molecule has 0 fully saturated rings. The number of nitrogen functional groups attached to an aromatic ring is 1. The highest BCUT2D eigenvalue weighted by atomic mass is 16.5. The first kappa shape index (κ1) is 13.9. The highest BCUT2D eigenvalue weighted by Gasteiger charge is 2.05. The topological polar surface area (TPSA) is 77.2 Å². The minimum Gasteiger partial charge on any atom is -0.490 e. The van der Waals surface area contributed by atoms with E-state index in [-0.39, 0.29) is 5.91 Å². The van der Waals surface area contributed by atoms with E-state index in [1.807, 2.05) is 19.1 Å². The van der Waals surface area contributed by atoms with Crippen molar-refractivity contribution in [3.05, 3.63) is 53.9 Å². The van der Waals surface area contributed by atoms with Crippen molar-refractivity contribution in [2.75, 3.05) is 18.9 Å². The van der Waals surface area contributed by atoms with Crippen LogP contribution in [-0.2, 0) is 0 Å². The summed E-state index contributed by atoms with van der Waals surface area (Å²) in [5.74, 6) is 0.459. The molecule has 0 aliphatic carbocycles. The highest BCUT2D eigenvalue weighted by molar-refractivity contribution is 5.93. The van der Waals surface area contributed by atoms with Crippen LogP contribution in [0.5, 0.6) is 5.75 Å². The van der Waals surface area contributed by atoms with Gasteiger partial charge >= 0.3 is 0 Å². The first-order valence-corrected chi connectivity index (χ1v) is 6.35. The Labute approximate surface area is 117 Å². The standard InChI is InChI=1S/C15H17N3O2/c1-11-6-7-12(10-18-11)15(19)17-8-9-20-14-5-3-2-4-13(14)16/h2-7,10H,8-9,16H2,1H3,(H,17,19). The van der Waals surface area contributed by atoms with Gasteiger partial charge in [0.15, 0.2) is 0 Å². The van der Waals surface area contributed by atoms with Gasteiger partial charge in [0.05, 0.1) is 17.8 Å². The molecule has 0 saturated heterocycles. The van der Waals surface area contributed by atoms with Crippen LogP contribution >= 0.6 is 0 Å². The molecule has 0 aliphatic rings. The number of rotatable bonds is 5. The fourth-order valence-corrected chi connectivity index (χ4v) is 1.64. The van der Waals surface area contributed by atoms with Gasteiger partial charge in [-0.2, -0.15) is 0 Å². The Hall–Kier alpha value is -2.56. The molecule has 5 nitrogen and oxygen atoms in total. The molecular formula is C15H17N3O2. The Balaban J connectivity index is 1.77. The van der Waals surface area contributed by atoms with E-state index in [1.54, 1.807) is 30.5 Å². The van der Waals surface area contributed by atoms with Gasteiger partial charge in [0, 0.05) is 11.9 Å². The van der Waals surface area contributed by atoms with Crippen molar-refractivity contribution in [3.8, 4) is 5.75 Å². The van der Waals surface area contributed by atoms with Crippen LogP contribution in [0.2, 0.25) is 0 Å². The van der Waals surface area contributed by atoms with Gasteiger partial charge < -0.3 is 15.8 Å². The molecule has 2 rings (SSSR count). The lowest BCUT2D eigenvalue weighted by molar-refractivity contribution is 0.0946. The zero-order valence-corrected chi connectivity index (χ0v) is 11.3. The van der Waals surface area contributed by atoms with Gasteiger partial charge in [-0.15, -0.1) is 0 Å². The number of hydrogen-bond acceptors (Lipinski definition) is 4. The van der Waals surface area contributed by atoms with E-state index in [1.165, 1.54) is 0 Å². The quantitative estimate of drug-likeness (QED) is 0.642. The molecule has 2 aromatic rings. The number of nitrogens with one attached hydrogen (secondary N) is 1. The van der Waals surface area contributed by atoms with Crippen LogP contribution < -0.4 is 15.8 Å². The summed E-state index contributed by atoms with van der Waals surface area (Å²) in [7, 11) is 0. The third kappa shape index (κ3) is 3.71. The number of aromatic nitrogens is 1. The summed E-state index contributed by atoms with van der Waals surface area (Å²) in [6.07, 6.45) is 1.56. The third-order valence-electron chi connectivity index (χ3n) is 2.74. The van der Waals surface area contributed by atoms with Crippen LogP contribution in [0.4, 0.5) is 5.69 Å². The normalized spacial score (nSPS) is 10.1. The second kappa shape index (κ2) is 6.56. The Kier molecular flexibility index (Phi) is 4.55. The Morgan fingerprint density at radius 2 is 2.10 bits per heavy atom. The Morgan fingerprint density at radius 3 is 2.80 bits per heavy atom. The number of aryl methyl sites for hydroxylation is 1. The third-order valence-corrected chi connectivity index (χ3v) is 2.74. The number of benzene rings is 1. The summed E-state index contributed by atoms with van der Waals surface area (Å²) in [6.45, 7) is 2.64. The van der Waals surface area contributed by atoms with Gasteiger partial charge in [0.25, 0.3) is 5.91 Å². The van der Waals surface area contributed by atoms with E-state index in [0.29, 0.717) is 30.2 Å². The number of nitrogens with two attached hydrogens (primary N) is 1. The van der Waals surface area contributed by atoms with E-state index in [9.17, 15) is 4.79 Å². The second-order valence-electron chi connectivity index (χ2n) is 4.33. The zero-order valence-electron chi connectivity index (χ0n) is 11.3. The van der Waals surface area contributed by atoms with E-state index in [0.717, 1.165) is 5.69 Å². The van der Waals surface area contributed by atoms with Gasteiger partial charge in [-0.1, -0.05) is 12.1 Å². The van der Waals surface area contributed by atoms with Crippen molar-refractivity contribution in [2.45, 2.75) is 6.92 Å². The van der Waals surface area contributed by atoms with Gasteiger partial charge in [0.1, 0.15) is 12.4 Å². The second-order valence-corrected chi connectivity index (χ2v) is 4.33. The largest absolute Gasteiger partial charge is 0.490 e. The summed E-state index contributed by atoms with van der Waals surface area (Å²) in [5.41, 5.74) is 7.75. The summed E-state index contributed by atoms with van der Waals surface area (Å²) < 4.78 is 5.49. The van der Waals surface area contributed by atoms with Crippen LogP contribution in [0.3, 0.4) is 0 Å². The Morgan fingerprint density at radius 1 is 1.30 bits per heavy atom. The SMILES string of the molecule is Cc1ccc(C(=O)NCCOc2ccccc2N)cn1. The molecule has 3 N–H and O–H groups in total. The van der Waals surface area contributed by atoms with Crippen LogP contribution in [-0.4, -0.2) is 24.0 Å². The maximum Gasteiger partial charge on any atom is 0.252 e. The number of nitrogens with zero attached hydrogens (tertiary/aromatic N) is 1. The minimum atomic E-state index is -0.165. The Bertz CT molecular complexity index is 582. The van der Waals surface area contributed by atoms with Gasteiger partial charge in [-0.25, -0.2) is 0 Å². The maximum atomic E-state index is 11.8. The minimum absolute atomic E-state index is 0.165. The number of para-hydroxylation sites is 2. The number of hydrogen-bond donors (Lipinski definition) is 2. The molecule has 1 aromatic carbocycles. The highest BCUT2D eigenvalue weighted by Crippen LogP contribution is 2.19. The molecule has 0 bridgehead atoms. The fraction of sp³-hybridized carbons (Fsp3) is 0.200. The summed E-state index contributed by atoms with van der Waals surface area (Å²) in [4.78, 5) is 15.9. The molecule has 0 radical (unpaired) electrons. The fourth-order valence-electron chi connectivity index (χ4n) is 1.64. The molecule has 104 valence electrons. The van der Waals surface area contributed by atoms with Crippen molar-refractivity contribution >= 4 is 11.6 Å². The molecule has 0 atom stereocenters. The molecule has 1 aromatic heterocycles. The van der Waals surface area contributed by atoms with E-state index >= 15 is 0 Å². The number of anilines is 1. The predicted octanol–water partition coefficient (Wildman–Crippen LogP) is 1.78. The van der Waals surface area contributed by atoms with Gasteiger partial charge in [-0.3, -0.25) is 9.78 Å². The average molecular weight is 271 g/mol. The van der Waals surface area contributed by atoms with Crippen LogP contribution in [0, 0.1) is 6.92 Å². The van der Waals surface area contributed by atoms with Crippen LogP contribution in [0.1, 0.15) is 16.1 Å². The molecule has 0 spiro atoms. The van der Waals surface area contributed by atoms with Crippen molar-refractivity contribution < 1.29 is 9.53 Å². The number of amides is 1. The predicted molar refractivity (Wildman–Crippen MR) is 77.7 cm³/mol. The van der Waals surface area contributed by atoms with Crippen molar-refractivity contribution in [1.82, 2.24) is 10.3 Å². The smallest absolute Gasteiger partial charge is 0.252 e. The number of ether oxygens (including phenoxy) is 1. The van der Waals surface area contributed by atoms with E-state index in [4.69, 9.17) is 10.5 Å². The first-order valence-electron chi connectivity index (χ1n) is 6.35.